The van der Waals surface area contributed by atoms with Crippen LogP contribution in [0.4, 0.5) is 5.69 Å². The molecule has 108 valence electrons. The van der Waals surface area contributed by atoms with Crippen LogP contribution >= 0.6 is 0 Å². The Balaban J connectivity index is 3.21. The Kier molecular flexibility index (Phi) is 6.12. The van der Waals surface area contributed by atoms with E-state index in [2.05, 4.69) is 18.7 Å². The summed E-state index contributed by atoms with van der Waals surface area (Å²) in [7, 11) is 1.61. The van der Waals surface area contributed by atoms with Crippen LogP contribution in [0.15, 0.2) is 18.2 Å². The zero-order valence-electron chi connectivity index (χ0n) is 12.3. The van der Waals surface area contributed by atoms with E-state index in [1.807, 2.05) is 18.2 Å². The topological polar surface area (TPSA) is 52.9 Å². The van der Waals surface area contributed by atoms with Crippen LogP contribution in [0.3, 0.4) is 0 Å². The number of ether oxygens (including phenoxy) is 1. The molecular formula is C15H25NO3. The van der Waals surface area contributed by atoms with Gasteiger partial charge in [-0.25, -0.2) is 0 Å². The normalized spacial score (nSPS) is 12.6. The lowest BCUT2D eigenvalue weighted by atomic mass is 10.0. The van der Waals surface area contributed by atoms with E-state index in [9.17, 15) is 5.11 Å². The van der Waals surface area contributed by atoms with Gasteiger partial charge in [0.2, 0.25) is 0 Å². The Bertz CT molecular complexity index is 391. The molecule has 4 heteroatoms. The molecule has 1 aromatic carbocycles. The number of hydrogen-bond donors (Lipinski definition) is 2. The van der Waals surface area contributed by atoms with Crippen molar-refractivity contribution in [2.45, 2.75) is 39.3 Å². The molecule has 0 radical (unpaired) electrons. The van der Waals surface area contributed by atoms with Crippen LogP contribution in [-0.2, 0) is 0 Å². The maximum absolute atomic E-state index is 10.0. The SMILES string of the molecule is COc1cccc(N(CCCO)C(C)C)c1[C@@H](C)O. The van der Waals surface area contributed by atoms with Crippen molar-refractivity contribution in [3.8, 4) is 5.75 Å². The van der Waals surface area contributed by atoms with Gasteiger partial charge in [-0.15, -0.1) is 0 Å². The smallest absolute Gasteiger partial charge is 0.126 e. The summed E-state index contributed by atoms with van der Waals surface area (Å²) < 4.78 is 5.35. The highest BCUT2D eigenvalue weighted by atomic mass is 16.5. The van der Waals surface area contributed by atoms with Crippen molar-refractivity contribution in [1.29, 1.82) is 0 Å². The van der Waals surface area contributed by atoms with Crippen molar-refractivity contribution in [2.75, 3.05) is 25.2 Å². The summed E-state index contributed by atoms with van der Waals surface area (Å²) in [5, 5.41) is 19.0. The van der Waals surface area contributed by atoms with Gasteiger partial charge in [-0.1, -0.05) is 6.07 Å². The number of nitrogens with zero attached hydrogens (tertiary/aromatic N) is 1. The van der Waals surface area contributed by atoms with Crippen molar-refractivity contribution in [3.05, 3.63) is 23.8 Å². The molecule has 1 atom stereocenters. The van der Waals surface area contributed by atoms with E-state index in [4.69, 9.17) is 9.84 Å². The number of anilines is 1. The van der Waals surface area contributed by atoms with E-state index in [1.54, 1.807) is 14.0 Å². The molecule has 2 N–H and O–H groups in total. The molecule has 0 heterocycles. The Morgan fingerprint density at radius 1 is 1.26 bits per heavy atom. The van der Waals surface area contributed by atoms with Crippen LogP contribution in [0.25, 0.3) is 0 Å². The molecule has 0 unspecified atom stereocenters. The first kappa shape index (κ1) is 15.8. The molecule has 0 spiro atoms. The molecular weight excluding hydrogens is 242 g/mol. The maximum Gasteiger partial charge on any atom is 0.126 e. The lowest BCUT2D eigenvalue weighted by Crippen LogP contribution is -2.33. The average molecular weight is 267 g/mol. The van der Waals surface area contributed by atoms with Gasteiger partial charge in [-0.05, 0) is 39.3 Å². The standard InChI is InChI=1S/C15H25NO3/c1-11(2)16(9-6-10-17)13-7-5-8-14(19-4)15(13)12(3)18/h5,7-8,11-12,17-18H,6,9-10H2,1-4H3/t12-/m1/s1. The molecule has 0 fully saturated rings. The van der Waals surface area contributed by atoms with Gasteiger partial charge in [0.25, 0.3) is 0 Å². The molecule has 0 aromatic heterocycles. The van der Waals surface area contributed by atoms with Gasteiger partial charge in [0.15, 0.2) is 0 Å². The number of rotatable bonds is 7. The number of aliphatic hydroxyl groups is 2. The third-order valence-electron chi connectivity index (χ3n) is 3.17. The molecule has 0 aliphatic carbocycles. The minimum atomic E-state index is -0.596. The highest BCUT2D eigenvalue weighted by Gasteiger charge is 2.20. The van der Waals surface area contributed by atoms with E-state index in [-0.39, 0.29) is 12.6 Å². The van der Waals surface area contributed by atoms with Crippen molar-refractivity contribution in [3.63, 3.8) is 0 Å². The predicted octanol–water partition coefficient (Wildman–Crippen LogP) is 2.35. The second-order valence-corrected chi connectivity index (χ2v) is 4.93. The molecule has 1 aromatic rings. The molecule has 0 saturated carbocycles. The van der Waals surface area contributed by atoms with E-state index >= 15 is 0 Å². The summed E-state index contributed by atoms with van der Waals surface area (Å²) in [6.45, 7) is 6.86. The van der Waals surface area contributed by atoms with E-state index < -0.39 is 6.10 Å². The van der Waals surface area contributed by atoms with E-state index in [0.29, 0.717) is 12.2 Å². The minimum Gasteiger partial charge on any atom is -0.496 e. The molecule has 0 saturated heterocycles. The lowest BCUT2D eigenvalue weighted by molar-refractivity contribution is 0.194. The second-order valence-electron chi connectivity index (χ2n) is 4.93. The zero-order valence-corrected chi connectivity index (χ0v) is 12.3. The molecule has 0 bridgehead atoms. The number of benzene rings is 1. The molecule has 0 aliphatic rings. The van der Waals surface area contributed by atoms with Crippen molar-refractivity contribution >= 4 is 5.69 Å². The number of aliphatic hydroxyl groups excluding tert-OH is 2. The van der Waals surface area contributed by atoms with Crippen LogP contribution < -0.4 is 9.64 Å². The van der Waals surface area contributed by atoms with Gasteiger partial charge in [0.05, 0.1) is 13.2 Å². The Morgan fingerprint density at radius 3 is 2.42 bits per heavy atom. The first-order valence-electron chi connectivity index (χ1n) is 6.75. The quantitative estimate of drug-likeness (QED) is 0.796. The summed E-state index contributed by atoms with van der Waals surface area (Å²) in [6.07, 6.45) is 0.107. The lowest BCUT2D eigenvalue weighted by Gasteiger charge is -2.32. The summed E-state index contributed by atoms with van der Waals surface area (Å²) in [5.41, 5.74) is 1.77. The molecule has 1 rings (SSSR count). The monoisotopic (exact) mass is 267 g/mol. The number of hydrogen-bond acceptors (Lipinski definition) is 4. The fraction of sp³-hybridized carbons (Fsp3) is 0.600. The van der Waals surface area contributed by atoms with Gasteiger partial charge in [0.1, 0.15) is 5.75 Å². The molecule has 0 aliphatic heterocycles. The summed E-state index contributed by atoms with van der Waals surface area (Å²) in [5.74, 6) is 0.696. The maximum atomic E-state index is 10.0. The van der Waals surface area contributed by atoms with Gasteiger partial charge in [0, 0.05) is 30.4 Å². The molecule has 19 heavy (non-hydrogen) atoms. The second kappa shape index (κ2) is 7.36. The van der Waals surface area contributed by atoms with Gasteiger partial charge < -0.3 is 19.8 Å². The highest BCUT2D eigenvalue weighted by molar-refractivity contribution is 5.60. The predicted molar refractivity (Wildman–Crippen MR) is 77.8 cm³/mol. The first-order valence-corrected chi connectivity index (χ1v) is 6.75. The van der Waals surface area contributed by atoms with Crippen LogP contribution in [0.2, 0.25) is 0 Å². The van der Waals surface area contributed by atoms with Gasteiger partial charge >= 0.3 is 0 Å². The average Bonchev–Trinajstić information content (AvgIpc) is 2.38. The summed E-state index contributed by atoms with van der Waals surface area (Å²) in [4.78, 5) is 2.18. The minimum absolute atomic E-state index is 0.164. The fourth-order valence-corrected chi connectivity index (χ4v) is 2.28. The molecule has 4 nitrogen and oxygen atoms in total. The zero-order chi connectivity index (χ0) is 14.4. The van der Waals surface area contributed by atoms with Crippen LogP contribution in [0.1, 0.15) is 38.9 Å². The third kappa shape index (κ3) is 3.85. The Labute approximate surface area is 115 Å². The van der Waals surface area contributed by atoms with Crippen molar-refractivity contribution in [2.24, 2.45) is 0 Å². The summed E-state index contributed by atoms with van der Waals surface area (Å²) in [6, 6.07) is 6.06. The van der Waals surface area contributed by atoms with Crippen LogP contribution in [0, 0.1) is 0 Å². The van der Waals surface area contributed by atoms with Crippen LogP contribution in [-0.4, -0.2) is 36.5 Å². The third-order valence-corrected chi connectivity index (χ3v) is 3.17. The largest absolute Gasteiger partial charge is 0.496 e. The van der Waals surface area contributed by atoms with Gasteiger partial charge in [-0.3, -0.25) is 0 Å². The van der Waals surface area contributed by atoms with E-state index in [0.717, 1.165) is 17.8 Å². The van der Waals surface area contributed by atoms with Crippen molar-refractivity contribution < 1.29 is 14.9 Å². The van der Waals surface area contributed by atoms with Gasteiger partial charge in [-0.2, -0.15) is 0 Å². The Hall–Kier alpha value is -1.26. The van der Waals surface area contributed by atoms with Crippen molar-refractivity contribution in [1.82, 2.24) is 0 Å². The summed E-state index contributed by atoms with van der Waals surface area (Å²) >= 11 is 0. The molecule has 0 amide bonds. The Morgan fingerprint density at radius 2 is 1.95 bits per heavy atom. The number of methoxy groups -OCH3 is 1. The van der Waals surface area contributed by atoms with E-state index in [1.165, 1.54) is 0 Å². The van der Waals surface area contributed by atoms with Crippen LogP contribution in [0.5, 0.6) is 5.75 Å². The fourth-order valence-electron chi connectivity index (χ4n) is 2.28. The highest BCUT2D eigenvalue weighted by Crippen LogP contribution is 2.35. The first-order chi connectivity index (χ1) is 9.02.